The summed E-state index contributed by atoms with van der Waals surface area (Å²) in [6.07, 6.45) is 1.70. The average Bonchev–Trinajstić information content (AvgIpc) is 2.48. The van der Waals surface area contributed by atoms with Crippen molar-refractivity contribution in [1.82, 2.24) is 4.57 Å². The van der Waals surface area contributed by atoms with E-state index in [0.29, 0.717) is 18.7 Å². The van der Waals surface area contributed by atoms with Crippen LogP contribution in [-0.2, 0) is 39.3 Å². The van der Waals surface area contributed by atoms with Gasteiger partial charge in [-0.25, -0.2) is 0 Å². The van der Waals surface area contributed by atoms with Crippen molar-refractivity contribution in [3.63, 3.8) is 0 Å². The summed E-state index contributed by atoms with van der Waals surface area (Å²) < 4.78 is 8.09. The van der Waals surface area contributed by atoms with Crippen LogP contribution in [0, 0.1) is 13.0 Å². The zero-order chi connectivity index (χ0) is 15.4. The zero-order valence-electron chi connectivity index (χ0n) is 12.7. The summed E-state index contributed by atoms with van der Waals surface area (Å²) in [4.78, 5) is 12.2. The van der Waals surface area contributed by atoms with Gasteiger partial charge < -0.3 is 9.30 Å². The molecule has 0 saturated carbocycles. The molecule has 0 saturated heterocycles. The van der Waals surface area contributed by atoms with E-state index < -0.39 is 0 Å². The first-order valence-corrected chi connectivity index (χ1v) is 7.53. The van der Waals surface area contributed by atoms with E-state index in [4.69, 9.17) is 4.74 Å². The van der Waals surface area contributed by atoms with Gasteiger partial charge in [-0.15, -0.1) is 6.07 Å². The molecule has 1 aromatic carbocycles. The molecule has 0 spiro atoms. The molecule has 0 atom stereocenters. The second-order valence-corrected chi connectivity index (χ2v) is 5.47. The van der Waals surface area contributed by atoms with Crippen LogP contribution < -0.4 is 10.3 Å². The fourth-order valence-electron chi connectivity index (χ4n) is 2.09. The quantitative estimate of drug-likeness (QED) is 0.525. The number of benzene rings is 1. The Balaban J connectivity index is 0.00000242. The van der Waals surface area contributed by atoms with Gasteiger partial charge in [-0.05, 0) is 23.5 Å². The maximum Gasteiger partial charge on any atom is 0.197 e. The van der Waals surface area contributed by atoms with Crippen LogP contribution in [-0.4, -0.2) is 11.2 Å². The van der Waals surface area contributed by atoms with E-state index in [2.05, 4.69) is 28.6 Å². The molecular weight excluding hydrogens is 419 g/mol. The van der Waals surface area contributed by atoms with Crippen LogP contribution in [0.5, 0.6) is 5.75 Å². The third-order valence-electron chi connectivity index (χ3n) is 3.16. The second kappa shape index (κ2) is 8.80. The average molecular weight is 436 g/mol. The molecule has 0 fully saturated rings. The summed E-state index contributed by atoms with van der Waals surface area (Å²) in [6, 6.07) is 10.6. The van der Waals surface area contributed by atoms with Gasteiger partial charge in [0.2, 0.25) is 0 Å². The molecule has 2 rings (SSSR count). The Labute approximate surface area is 164 Å². The smallest absolute Gasteiger partial charge is 0.197 e. The minimum absolute atomic E-state index is 0. The number of pyridine rings is 1. The molecule has 0 unspecified atom stereocenters. The number of hydrogen-bond acceptors (Lipinski definition) is 2. The Morgan fingerprint density at radius 3 is 2.77 bits per heavy atom. The fourth-order valence-corrected chi connectivity index (χ4v) is 2.63. The van der Waals surface area contributed by atoms with Crippen LogP contribution in [0.25, 0.3) is 11.3 Å². The van der Waals surface area contributed by atoms with Crippen molar-refractivity contribution in [3.8, 4) is 17.0 Å². The summed E-state index contributed by atoms with van der Waals surface area (Å²) in [6.45, 7) is 8.44. The molecule has 22 heavy (non-hydrogen) atoms. The SMILES string of the molecule is C=CCOc1ccc(-c2[c-]cc(C)c(=O)n2CC)c(Br)c1.[Y]. The van der Waals surface area contributed by atoms with E-state index in [1.165, 1.54) is 0 Å². The van der Waals surface area contributed by atoms with E-state index in [0.717, 1.165) is 21.5 Å². The Morgan fingerprint density at radius 1 is 1.45 bits per heavy atom. The first-order chi connectivity index (χ1) is 10.1. The Hall–Kier alpha value is -0.706. The zero-order valence-corrected chi connectivity index (χ0v) is 17.2. The molecule has 1 heterocycles. The maximum absolute atomic E-state index is 12.2. The monoisotopic (exact) mass is 435 g/mol. The van der Waals surface area contributed by atoms with Gasteiger partial charge in [-0.2, -0.15) is 12.1 Å². The Bertz CT molecular complexity index is 725. The minimum atomic E-state index is 0. The molecule has 2 aromatic rings. The summed E-state index contributed by atoms with van der Waals surface area (Å²) in [5.74, 6) is 0.753. The topological polar surface area (TPSA) is 31.2 Å². The van der Waals surface area contributed by atoms with E-state index in [1.807, 2.05) is 25.1 Å². The number of aryl methyl sites for hydroxylation is 1. The van der Waals surface area contributed by atoms with Crippen molar-refractivity contribution in [2.75, 3.05) is 6.61 Å². The molecule has 0 aliphatic heterocycles. The Morgan fingerprint density at radius 2 is 2.18 bits per heavy atom. The first kappa shape index (κ1) is 19.3. The molecule has 0 amide bonds. The molecule has 0 aliphatic rings. The van der Waals surface area contributed by atoms with E-state index in [1.54, 1.807) is 23.6 Å². The molecule has 0 N–H and O–H groups in total. The van der Waals surface area contributed by atoms with Gasteiger partial charge in [-0.1, -0.05) is 52.3 Å². The van der Waals surface area contributed by atoms with Gasteiger partial charge in [0.05, 0.1) is 0 Å². The van der Waals surface area contributed by atoms with E-state index in [-0.39, 0.29) is 38.3 Å². The summed E-state index contributed by atoms with van der Waals surface area (Å²) >= 11 is 3.54. The summed E-state index contributed by atoms with van der Waals surface area (Å²) in [5, 5.41) is 0. The predicted octanol–water partition coefficient (Wildman–Crippen LogP) is 3.97. The standard InChI is InChI=1S/C17H17BrNO2.Y/c1-4-10-21-13-7-8-14(15(18)11-13)16-9-6-12(3)17(20)19(16)5-2;/h4,6-8,11H,1,5,10H2,2-3H3;/q-1;. The fraction of sp³-hybridized carbons (Fsp3) is 0.235. The van der Waals surface area contributed by atoms with Crippen molar-refractivity contribution in [1.29, 1.82) is 0 Å². The summed E-state index contributed by atoms with van der Waals surface area (Å²) in [5.41, 5.74) is 2.41. The second-order valence-electron chi connectivity index (χ2n) is 4.61. The third kappa shape index (κ3) is 4.18. The van der Waals surface area contributed by atoms with Gasteiger partial charge in [0, 0.05) is 39.3 Å². The van der Waals surface area contributed by atoms with Crippen molar-refractivity contribution in [2.24, 2.45) is 0 Å². The van der Waals surface area contributed by atoms with Gasteiger partial charge in [0.25, 0.3) is 0 Å². The number of halogens is 1. The van der Waals surface area contributed by atoms with Gasteiger partial charge in [0.1, 0.15) is 12.4 Å². The van der Waals surface area contributed by atoms with Crippen molar-refractivity contribution >= 4 is 15.9 Å². The minimum Gasteiger partial charge on any atom is -0.490 e. The van der Waals surface area contributed by atoms with Crippen molar-refractivity contribution in [2.45, 2.75) is 20.4 Å². The summed E-state index contributed by atoms with van der Waals surface area (Å²) in [7, 11) is 0. The van der Waals surface area contributed by atoms with E-state index in [9.17, 15) is 4.79 Å². The van der Waals surface area contributed by atoms with Crippen LogP contribution in [0.15, 0.2) is 46.2 Å². The molecule has 0 aliphatic carbocycles. The van der Waals surface area contributed by atoms with Gasteiger partial charge in [0.15, 0.2) is 5.56 Å². The van der Waals surface area contributed by atoms with E-state index >= 15 is 0 Å². The number of hydrogen-bond donors (Lipinski definition) is 0. The Kier molecular flexibility index (Phi) is 7.74. The predicted molar refractivity (Wildman–Crippen MR) is 88.8 cm³/mol. The van der Waals surface area contributed by atoms with Crippen molar-refractivity contribution in [3.05, 3.63) is 63.4 Å². The van der Waals surface area contributed by atoms with Gasteiger partial charge in [-0.3, -0.25) is 4.79 Å². The van der Waals surface area contributed by atoms with Crippen LogP contribution in [0.1, 0.15) is 12.5 Å². The largest absolute Gasteiger partial charge is 0.490 e. The molecule has 3 nitrogen and oxygen atoms in total. The first-order valence-electron chi connectivity index (χ1n) is 6.74. The van der Waals surface area contributed by atoms with Gasteiger partial charge >= 0.3 is 0 Å². The molecule has 5 heteroatoms. The van der Waals surface area contributed by atoms with Crippen LogP contribution in [0.3, 0.4) is 0 Å². The molecular formula is C17H17BrNO2Y-. The molecule has 113 valence electrons. The van der Waals surface area contributed by atoms with Crippen LogP contribution in [0.4, 0.5) is 0 Å². The molecule has 1 aromatic heterocycles. The molecule has 0 bridgehead atoms. The normalized spacial score (nSPS) is 9.95. The number of nitrogens with zero attached hydrogens (tertiary/aromatic N) is 1. The van der Waals surface area contributed by atoms with Crippen molar-refractivity contribution < 1.29 is 37.4 Å². The number of ether oxygens (including phenoxy) is 1. The number of aromatic nitrogens is 1. The molecule has 1 radical (unpaired) electrons. The van der Waals surface area contributed by atoms with Crippen LogP contribution >= 0.6 is 15.9 Å². The number of rotatable bonds is 5. The third-order valence-corrected chi connectivity index (χ3v) is 3.81. The van der Waals surface area contributed by atoms with Crippen LogP contribution in [0.2, 0.25) is 0 Å². The maximum atomic E-state index is 12.2.